The lowest BCUT2D eigenvalue weighted by atomic mass is 9.96. The van der Waals surface area contributed by atoms with E-state index in [0.29, 0.717) is 43.3 Å². The summed E-state index contributed by atoms with van der Waals surface area (Å²) in [6.45, 7) is 2.95. The van der Waals surface area contributed by atoms with E-state index in [1.807, 2.05) is 6.07 Å². The number of likely N-dealkylation sites (tertiary alicyclic amines) is 1. The highest BCUT2D eigenvalue weighted by Gasteiger charge is 2.32. The van der Waals surface area contributed by atoms with Crippen molar-refractivity contribution in [2.45, 2.75) is 44.8 Å². The molecule has 1 fully saturated rings. The number of alkyl halides is 3. The molecule has 1 amide bonds. The number of amides is 1. The van der Waals surface area contributed by atoms with Gasteiger partial charge in [0.15, 0.2) is 5.82 Å². The van der Waals surface area contributed by atoms with E-state index in [9.17, 15) is 18.0 Å². The van der Waals surface area contributed by atoms with Gasteiger partial charge in [0.1, 0.15) is 6.42 Å². The van der Waals surface area contributed by atoms with Crippen molar-refractivity contribution in [3.8, 4) is 0 Å². The number of halogens is 4. The molecule has 3 aromatic rings. The summed E-state index contributed by atoms with van der Waals surface area (Å²) in [5.41, 5.74) is 1.63. The van der Waals surface area contributed by atoms with Crippen molar-refractivity contribution < 1.29 is 22.4 Å². The average molecular weight is 496 g/mol. The van der Waals surface area contributed by atoms with Crippen LogP contribution < -0.4 is 0 Å². The maximum absolute atomic E-state index is 12.7. The van der Waals surface area contributed by atoms with Gasteiger partial charge in [0.2, 0.25) is 17.7 Å². The second-order valence-electron chi connectivity index (χ2n) is 7.97. The normalized spacial score (nSPS) is 15.4. The summed E-state index contributed by atoms with van der Waals surface area (Å²) in [7, 11) is 0. The number of nitrogens with zero attached hydrogens (tertiary/aromatic N) is 7. The van der Waals surface area contributed by atoms with Gasteiger partial charge in [-0.1, -0.05) is 17.7 Å². The van der Waals surface area contributed by atoms with Crippen molar-refractivity contribution in [3.63, 3.8) is 0 Å². The number of piperidine rings is 1. The lowest BCUT2D eigenvalue weighted by molar-refractivity contribution is -0.131. The minimum Gasteiger partial charge on any atom is -0.425 e. The molecule has 34 heavy (non-hydrogen) atoms. The number of rotatable bonds is 6. The molecule has 2 aromatic heterocycles. The minimum atomic E-state index is -4.40. The Kier molecular flexibility index (Phi) is 6.96. The highest BCUT2D eigenvalue weighted by Crippen LogP contribution is 2.29. The van der Waals surface area contributed by atoms with E-state index in [-0.39, 0.29) is 17.7 Å². The van der Waals surface area contributed by atoms with Crippen LogP contribution in [0.2, 0.25) is 5.02 Å². The van der Waals surface area contributed by atoms with Crippen LogP contribution in [0.3, 0.4) is 0 Å². The van der Waals surface area contributed by atoms with Crippen molar-refractivity contribution in [1.29, 1.82) is 0 Å². The van der Waals surface area contributed by atoms with Gasteiger partial charge in [-0.2, -0.15) is 18.0 Å². The number of hydrogen-bond donors (Lipinski definition) is 0. The molecule has 4 rings (SSSR count). The molecule has 0 spiro atoms. The highest BCUT2D eigenvalue weighted by molar-refractivity contribution is 6.30. The second kappa shape index (κ2) is 9.92. The molecule has 3 heterocycles. The number of tetrazole rings is 1. The van der Waals surface area contributed by atoms with Gasteiger partial charge in [-0.05, 0) is 54.3 Å². The van der Waals surface area contributed by atoms with E-state index >= 15 is 0 Å². The fourth-order valence-corrected chi connectivity index (χ4v) is 3.90. The molecule has 1 aromatic carbocycles. The van der Waals surface area contributed by atoms with E-state index in [2.05, 4.69) is 25.6 Å². The Labute approximate surface area is 197 Å². The number of hydrogen-bond acceptors (Lipinski definition) is 7. The van der Waals surface area contributed by atoms with E-state index in [1.165, 1.54) is 10.9 Å². The number of carbonyl (C=O) groups excluding carboxylic acids is 1. The standard InChI is InChI=1S/C21H21ClF3N7O2/c1-13-26-30-32(29-13)12-16-10-17(22)4-2-14(16)3-5-19(33)31-8-6-15(7-9-31)20-28-27-18(34-20)11-21(23,24)25/h2-5,10,15H,6-9,11-12H2,1H3. The van der Waals surface area contributed by atoms with E-state index in [1.54, 1.807) is 30.0 Å². The molecular formula is C21H21ClF3N7O2. The number of aromatic nitrogens is 6. The molecule has 1 aliphatic heterocycles. The molecular weight excluding hydrogens is 475 g/mol. The molecule has 0 saturated carbocycles. The Bertz CT molecular complexity index is 1180. The summed E-state index contributed by atoms with van der Waals surface area (Å²) >= 11 is 6.13. The number of carbonyl (C=O) groups is 1. The number of aryl methyl sites for hydroxylation is 1. The molecule has 1 saturated heterocycles. The van der Waals surface area contributed by atoms with Crippen molar-refractivity contribution in [2.24, 2.45) is 0 Å². The van der Waals surface area contributed by atoms with Gasteiger partial charge in [-0.25, -0.2) is 0 Å². The Balaban J connectivity index is 1.36. The predicted octanol–water partition coefficient (Wildman–Crippen LogP) is 3.59. The first kappa shape index (κ1) is 23.9. The highest BCUT2D eigenvalue weighted by atomic mass is 35.5. The van der Waals surface area contributed by atoms with Gasteiger partial charge >= 0.3 is 6.18 Å². The molecule has 1 aliphatic rings. The lowest BCUT2D eigenvalue weighted by Crippen LogP contribution is -2.36. The van der Waals surface area contributed by atoms with Gasteiger partial charge in [-0.3, -0.25) is 4.79 Å². The van der Waals surface area contributed by atoms with E-state index in [0.717, 1.165) is 11.1 Å². The zero-order valence-electron chi connectivity index (χ0n) is 18.2. The summed E-state index contributed by atoms with van der Waals surface area (Å²) in [6.07, 6.45) is -1.40. The third kappa shape index (κ3) is 6.19. The van der Waals surface area contributed by atoms with Crippen LogP contribution in [0.1, 0.15) is 47.5 Å². The Hall–Kier alpha value is -3.28. The Morgan fingerprint density at radius 1 is 1.24 bits per heavy atom. The lowest BCUT2D eigenvalue weighted by Gasteiger charge is -2.29. The van der Waals surface area contributed by atoms with Crippen LogP contribution in [0.25, 0.3) is 6.08 Å². The van der Waals surface area contributed by atoms with Crippen LogP contribution in [-0.4, -0.2) is 60.5 Å². The van der Waals surface area contributed by atoms with Crippen LogP contribution in [0.4, 0.5) is 13.2 Å². The topological polar surface area (TPSA) is 103 Å². The molecule has 180 valence electrons. The molecule has 0 radical (unpaired) electrons. The molecule has 0 bridgehead atoms. The fraction of sp³-hybridized carbons (Fsp3) is 0.429. The molecule has 13 heteroatoms. The van der Waals surface area contributed by atoms with Gasteiger partial charge < -0.3 is 9.32 Å². The van der Waals surface area contributed by atoms with Crippen LogP contribution in [-0.2, 0) is 17.8 Å². The molecule has 0 aliphatic carbocycles. The smallest absolute Gasteiger partial charge is 0.397 e. The summed E-state index contributed by atoms with van der Waals surface area (Å²) in [5.74, 6) is -0.0557. The van der Waals surface area contributed by atoms with Crippen molar-refractivity contribution in [2.75, 3.05) is 13.1 Å². The van der Waals surface area contributed by atoms with Gasteiger partial charge in [-0.15, -0.1) is 20.4 Å². The first-order valence-electron chi connectivity index (χ1n) is 10.5. The van der Waals surface area contributed by atoms with Gasteiger partial charge in [0.05, 0.1) is 6.54 Å². The zero-order chi connectivity index (χ0) is 24.3. The van der Waals surface area contributed by atoms with Crippen molar-refractivity contribution >= 4 is 23.6 Å². The minimum absolute atomic E-state index is 0.169. The van der Waals surface area contributed by atoms with Crippen molar-refractivity contribution in [3.05, 3.63) is 58.0 Å². The van der Waals surface area contributed by atoms with Crippen LogP contribution in [0.15, 0.2) is 28.7 Å². The molecule has 0 atom stereocenters. The number of benzene rings is 1. The summed E-state index contributed by atoms with van der Waals surface area (Å²) in [6, 6.07) is 5.33. The van der Waals surface area contributed by atoms with Crippen LogP contribution in [0.5, 0.6) is 0 Å². The monoisotopic (exact) mass is 495 g/mol. The maximum Gasteiger partial charge on any atom is 0.397 e. The first-order chi connectivity index (χ1) is 16.2. The average Bonchev–Trinajstić information content (AvgIpc) is 3.40. The van der Waals surface area contributed by atoms with E-state index in [4.69, 9.17) is 16.0 Å². The Morgan fingerprint density at radius 2 is 2.00 bits per heavy atom. The third-order valence-electron chi connectivity index (χ3n) is 5.37. The van der Waals surface area contributed by atoms with Gasteiger partial charge in [0, 0.05) is 30.1 Å². The van der Waals surface area contributed by atoms with Crippen LogP contribution >= 0.6 is 11.6 Å². The first-order valence-corrected chi connectivity index (χ1v) is 10.9. The second-order valence-corrected chi connectivity index (χ2v) is 8.41. The predicted molar refractivity (Wildman–Crippen MR) is 115 cm³/mol. The maximum atomic E-state index is 12.7. The third-order valence-corrected chi connectivity index (χ3v) is 5.60. The largest absolute Gasteiger partial charge is 0.425 e. The summed E-state index contributed by atoms with van der Waals surface area (Å²) in [4.78, 5) is 15.8. The molecule has 0 unspecified atom stereocenters. The Morgan fingerprint density at radius 3 is 2.68 bits per heavy atom. The summed E-state index contributed by atoms with van der Waals surface area (Å²) in [5, 5.41) is 19.8. The van der Waals surface area contributed by atoms with Gasteiger partial charge in [0.25, 0.3) is 0 Å². The van der Waals surface area contributed by atoms with Crippen molar-refractivity contribution in [1.82, 2.24) is 35.3 Å². The fourth-order valence-electron chi connectivity index (χ4n) is 3.70. The zero-order valence-corrected chi connectivity index (χ0v) is 18.9. The summed E-state index contributed by atoms with van der Waals surface area (Å²) < 4.78 is 42.6. The molecule has 0 N–H and O–H groups in total. The van der Waals surface area contributed by atoms with E-state index < -0.39 is 18.5 Å². The van der Waals surface area contributed by atoms with Crippen LogP contribution in [0, 0.1) is 6.92 Å². The quantitative estimate of drug-likeness (QED) is 0.481. The molecule has 9 nitrogen and oxygen atoms in total. The SMILES string of the molecule is Cc1nnn(Cc2cc(Cl)ccc2C=CC(=O)N2CCC(c3nnc(CC(F)(F)F)o3)CC2)n1.